The van der Waals surface area contributed by atoms with E-state index in [1.54, 1.807) is 18.2 Å². The van der Waals surface area contributed by atoms with Gasteiger partial charge in [-0.1, -0.05) is 11.6 Å². The molecule has 90 valence electrons. The maximum atomic E-state index is 11.0. The van der Waals surface area contributed by atoms with Gasteiger partial charge in [-0.05, 0) is 18.2 Å². The Bertz CT molecular complexity index is 671. The first-order valence-corrected chi connectivity index (χ1v) is 5.25. The molecule has 0 saturated carbocycles. The van der Waals surface area contributed by atoms with Gasteiger partial charge in [-0.15, -0.1) is 0 Å². The fourth-order valence-corrected chi connectivity index (χ4v) is 1.67. The molecule has 0 fully saturated rings. The van der Waals surface area contributed by atoms with Crippen molar-refractivity contribution in [1.29, 1.82) is 5.26 Å². The molecule has 0 atom stereocenters. The van der Waals surface area contributed by atoms with E-state index in [1.165, 1.54) is 10.9 Å². The molecule has 0 aliphatic carbocycles. The Labute approximate surface area is 107 Å². The zero-order chi connectivity index (χ0) is 13.3. The molecule has 6 nitrogen and oxygen atoms in total. The number of benzene rings is 1. The lowest BCUT2D eigenvalue weighted by molar-refractivity contribution is 0.0996. The number of anilines is 1. The van der Waals surface area contributed by atoms with E-state index in [-0.39, 0.29) is 11.4 Å². The molecule has 1 aromatic heterocycles. The second kappa shape index (κ2) is 4.39. The van der Waals surface area contributed by atoms with Crippen LogP contribution in [-0.2, 0) is 0 Å². The number of rotatable bonds is 2. The van der Waals surface area contributed by atoms with Gasteiger partial charge in [0.05, 0.1) is 28.2 Å². The monoisotopic (exact) mass is 261 g/mol. The lowest BCUT2D eigenvalue weighted by Crippen LogP contribution is -2.14. The van der Waals surface area contributed by atoms with Crippen LogP contribution in [0.2, 0.25) is 5.02 Å². The molecule has 2 aromatic rings. The summed E-state index contributed by atoms with van der Waals surface area (Å²) in [6.45, 7) is 0. The summed E-state index contributed by atoms with van der Waals surface area (Å²) in [5.74, 6) is -0.703. The first-order chi connectivity index (χ1) is 8.52. The SMILES string of the molecule is N#Cc1ccc(-n2cc(N)c(C(N)=O)n2)cc1Cl. The Morgan fingerprint density at radius 3 is 2.72 bits per heavy atom. The van der Waals surface area contributed by atoms with Crippen molar-refractivity contribution in [1.82, 2.24) is 9.78 Å². The second-order valence-electron chi connectivity index (χ2n) is 3.52. The van der Waals surface area contributed by atoms with Gasteiger partial charge in [0, 0.05) is 0 Å². The number of carbonyl (C=O) groups excluding carboxylic acids is 1. The molecule has 18 heavy (non-hydrogen) atoms. The number of aromatic nitrogens is 2. The summed E-state index contributed by atoms with van der Waals surface area (Å²) < 4.78 is 1.38. The van der Waals surface area contributed by atoms with E-state index in [4.69, 9.17) is 28.3 Å². The largest absolute Gasteiger partial charge is 0.396 e. The minimum atomic E-state index is -0.703. The standard InChI is InChI=1S/C11H8ClN5O/c12-8-3-7(2-1-6(8)4-13)17-5-9(14)10(16-17)11(15)18/h1-3,5H,14H2,(H2,15,18). The molecule has 0 aliphatic rings. The van der Waals surface area contributed by atoms with Gasteiger partial charge in [-0.3, -0.25) is 4.79 Å². The van der Waals surface area contributed by atoms with Gasteiger partial charge in [-0.2, -0.15) is 10.4 Å². The van der Waals surface area contributed by atoms with Gasteiger partial charge in [0.2, 0.25) is 0 Å². The fraction of sp³-hybridized carbons (Fsp3) is 0. The predicted octanol–water partition coefficient (Wildman–Crippen LogP) is 1.08. The lowest BCUT2D eigenvalue weighted by Gasteiger charge is -2.02. The normalized spacial score (nSPS) is 10.0. The van der Waals surface area contributed by atoms with Crippen molar-refractivity contribution in [3.8, 4) is 11.8 Å². The average Bonchev–Trinajstić information content (AvgIpc) is 2.71. The van der Waals surface area contributed by atoms with Gasteiger partial charge in [-0.25, -0.2) is 4.68 Å². The number of nitrogens with zero attached hydrogens (tertiary/aromatic N) is 3. The molecule has 0 saturated heterocycles. The van der Waals surface area contributed by atoms with Crippen molar-refractivity contribution < 1.29 is 4.79 Å². The highest BCUT2D eigenvalue weighted by Crippen LogP contribution is 2.20. The van der Waals surface area contributed by atoms with Crippen LogP contribution in [0.4, 0.5) is 5.69 Å². The third-order valence-electron chi connectivity index (χ3n) is 2.31. The van der Waals surface area contributed by atoms with Crippen LogP contribution < -0.4 is 11.5 Å². The first-order valence-electron chi connectivity index (χ1n) is 4.88. The summed E-state index contributed by atoms with van der Waals surface area (Å²) in [6.07, 6.45) is 1.46. The number of nitriles is 1. The van der Waals surface area contributed by atoms with Crippen LogP contribution in [0, 0.1) is 11.3 Å². The van der Waals surface area contributed by atoms with Gasteiger partial charge < -0.3 is 11.5 Å². The number of nitrogen functional groups attached to an aromatic ring is 1. The summed E-state index contributed by atoms with van der Waals surface area (Å²) in [7, 11) is 0. The molecule has 1 heterocycles. The molecule has 0 radical (unpaired) electrons. The van der Waals surface area contributed by atoms with E-state index < -0.39 is 5.91 Å². The predicted molar refractivity (Wildman–Crippen MR) is 66.2 cm³/mol. The minimum Gasteiger partial charge on any atom is -0.396 e. The molecule has 2 rings (SSSR count). The van der Waals surface area contributed by atoms with Crippen LogP contribution in [0.15, 0.2) is 24.4 Å². The molecular weight excluding hydrogens is 254 g/mol. The molecular formula is C11H8ClN5O. The molecule has 0 aliphatic heterocycles. The van der Waals surface area contributed by atoms with Crippen LogP contribution in [0.5, 0.6) is 0 Å². The van der Waals surface area contributed by atoms with Crippen molar-refractivity contribution in [3.05, 3.63) is 40.7 Å². The summed E-state index contributed by atoms with van der Waals surface area (Å²) in [6, 6.07) is 6.70. The summed E-state index contributed by atoms with van der Waals surface area (Å²) >= 11 is 5.90. The second-order valence-corrected chi connectivity index (χ2v) is 3.93. The quantitative estimate of drug-likeness (QED) is 0.842. The van der Waals surface area contributed by atoms with Crippen LogP contribution in [-0.4, -0.2) is 15.7 Å². The van der Waals surface area contributed by atoms with Gasteiger partial charge >= 0.3 is 0 Å². The summed E-state index contributed by atoms with van der Waals surface area (Å²) in [5, 5.41) is 13.0. The van der Waals surface area contributed by atoms with E-state index >= 15 is 0 Å². The maximum Gasteiger partial charge on any atom is 0.271 e. The van der Waals surface area contributed by atoms with E-state index in [0.717, 1.165) is 0 Å². The lowest BCUT2D eigenvalue weighted by atomic mass is 10.2. The summed E-state index contributed by atoms with van der Waals surface area (Å²) in [4.78, 5) is 11.0. The van der Waals surface area contributed by atoms with Crippen LogP contribution in [0.3, 0.4) is 0 Å². The maximum absolute atomic E-state index is 11.0. The van der Waals surface area contributed by atoms with Crippen molar-refractivity contribution in [2.45, 2.75) is 0 Å². The van der Waals surface area contributed by atoms with Crippen LogP contribution >= 0.6 is 11.6 Å². The Morgan fingerprint density at radius 2 is 2.22 bits per heavy atom. The molecule has 1 aromatic carbocycles. The number of carbonyl (C=O) groups is 1. The van der Waals surface area contributed by atoms with E-state index in [0.29, 0.717) is 16.3 Å². The number of primary amides is 1. The third kappa shape index (κ3) is 1.99. The van der Waals surface area contributed by atoms with Gasteiger partial charge in [0.25, 0.3) is 5.91 Å². The highest BCUT2D eigenvalue weighted by Gasteiger charge is 2.12. The molecule has 0 spiro atoms. The number of nitrogens with two attached hydrogens (primary N) is 2. The highest BCUT2D eigenvalue weighted by molar-refractivity contribution is 6.31. The third-order valence-corrected chi connectivity index (χ3v) is 2.63. The number of halogens is 1. The molecule has 0 unspecified atom stereocenters. The van der Waals surface area contributed by atoms with E-state index in [2.05, 4.69) is 5.10 Å². The molecule has 4 N–H and O–H groups in total. The minimum absolute atomic E-state index is 0.00418. The van der Waals surface area contributed by atoms with E-state index in [1.807, 2.05) is 6.07 Å². The van der Waals surface area contributed by atoms with Crippen molar-refractivity contribution >= 4 is 23.2 Å². The number of hydrogen-bond acceptors (Lipinski definition) is 4. The van der Waals surface area contributed by atoms with Crippen molar-refractivity contribution in [2.75, 3.05) is 5.73 Å². The topological polar surface area (TPSA) is 111 Å². The Hall–Kier alpha value is -2.52. The molecule has 7 heteroatoms. The molecule has 0 bridgehead atoms. The zero-order valence-electron chi connectivity index (χ0n) is 9.09. The molecule has 1 amide bonds. The van der Waals surface area contributed by atoms with Crippen molar-refractivity contribution in [2.24, 2.45) is 5.73 Å². The Kier molecular flexibility index (Phi) is 2.92. The number of hydrogen-bond donors (Lipinski definition) is 2. The van der Waals surface area contributed by atoms with Gasteiger partial charge in [0.1, 0.15) is 6.07 Å². The fourth-order valence-electron chi connectivity index (χ4n) is 1.45. The first kappa shape index (κ1) is 12.0. The number of amides is 1. The summed E-state index contributed by atoms with van der Waals surface area (Å²) in [5.41, 5.74) is 11.8. The van der Waals surface area contributed by atoms with Crippen molar-refractivity contribution in [3.63, 3.8) is 0 Å². The smallest absolute Gasteiger partial charge is 0.271 e. The average molecular weight is 262 g/mol. The Morgan fingerprint density at radius 1 is 1.50 bits per heavy atom. The zero-order valence-corrected chi connectivity index (χ0v) is 9.85. The highest BCUT2D eigenvalue weighted by atomic mass is 35.5. The van der Waals surface area contributed by atoms with E-state index in [9.17, 15) is 4.79 Å². The van der Waals surface area contributed by atoms with Gasteiger partial charge in [0.15, 0.2) is 5.69 Å². The van der Waals surface area contributed by atoms with Crippen LogP contribution in [0.1, 0.15) is 16.1 Å². The van der Waals surface area contributed by atoms with Crippen LogP contribution in [0.25, 0.3) is 5.69 Å². The Balaban J connectivity index is 2.50.